The molecule has 0 aromatic carbocycles. The number of carbonyl (C=O) groups excluding carboxylic acids is 1. The molecule has 0 spiro atoms. The maximum absolute atomic E-state index is 11.9. The third-order valence-corrected chi connectivity index (χ3v) is 3.36. The summed E-state index contributed by atoms with van der Waals surface area (Å²) in [6.07, 6.45) is -4.35. The standard InChI is InChI=1S/C12H22F3N3O2/c1-10(8-16)17-3-5-18(6-4-17)11(19)2-7-20-9-12(13,14)15/h10H,2-9,16H2,1H3. The second kappa shape index (κ2) is 7.80. The van der Waals surface area contributed by atoms with Crippen LogP contribution in [0.1, 0.15) is 13.3 Å². The molecule has 1 fully saturated rings. The number of alkyl halides is 3. The number of halogens is 3. The van der Waals surface area contributed by atoms with Gasteiger partial charge in [-0.2, -0.15) is 13.2 Å². The van der Waals surface area contributed by atoms with Gasteiger partial charge in [0.2, 0.25) is 5.91 Å². The van der Waals surface area contributed by atoms with Gasteiger partial charge in [-0.15, -0.1) is 0 Å². The van der Waals surface area contributed by atoms with Crippen molar-refractivity contribution in [1.82, 2.24) is 9.80 Å². The lowest BCUT2D eigenvalue weighted by molar-refractivity contribution is -0.175. The number of ether oxygens (including phenoxy) is 1. The Bertz CT molecular complexity index is 305. The first-order valence-electron chi connectivity index (χ1n) is 6.70. The van der Waals surface area contributed by atoms with Crippen molar-refractivity contribution < 1.29 is 22.7 Å². The molecule has 0 saturated carbocycles. The Morgan fingerprint density at radius 2 is 1.90 bits per heavy atom. The van der Waals surface area contributed by atoms with Gasteiger partial charge < -0.3 is 15.4 Å². The third-order valence-electron chi connectivity index (χ3n) is 3.36. The molecule has 1 saturated heterocycles. The van der Waals surface area contributed by atoms with Crippen molar-refractivity contribution in [2.45, 2.75) is 25.6 Å². The molecule has 1 atom stereocenters. The van der Waals surface area contributed by atoms with Gasteiger partial charge >= 0.3 is 6.18 Å². The van der Waals surface area contributed by atoms with E-state index in [1.54, 1.807) is 4.90 Å². The fourth-order valence-corrected chi connectivity index (χ4v) is 2.07. The Morgan fingerprint density at radius 1 is 1.30 bits per heavy atom. The van der Waals surface area contributed by atoms with Crippen LogP contribution in [0.4, 0.5) is 13.2 Å². The zero-order chi connectivity index (χ0) is 15.2. The molecular formula is C12H22F3N3O2. The van der Waals surface area contributed by atoms with Gasteiger partial charge in [-0.05, 0) is 6.92 Å². The van der Waals surface area contributed by atoms with Crippen LogP contribution in [0.3, 0.4) is 0 Å². The number of amides is 1. The quantitative estimate of drug-likeness (QED) is 0.723. The highest BCUT2D eigenvalue weighted by molar-refractivity contribution is 5.76. The van der Waals surface area contributed by atoms with Crippen molar-refractivity contribution in [3.63, 3.8) is 0 Å². The third kappa shape index (κ3) is 6.06. The minimum absolute atomic E-state index is 0.0114. The minimum Gasteiger partial charge on any atom is -0.372 e. The minimum atomic E-state index is -4.34. The zero-order valence-electron chi connectivity index (χ0n) is 11.7. The fourth-order valence-electron chi connectivity index (χ4n) is 2.07. The molecule has 2 N–H and O–H groups in total. The van der Waals surface area contributed by atoms with Crippen LogP contribution >= 0.6 is 0 Å². The van der Waals surface area contributed by atoms with E-state index in [0.717, 1.165) is 13.1 Å². The van der Waals surface area contributed by atoms with Crippen LogP contribution in [0.5, 0.6) is 0 Å². The number of rotatable bonds is 6. The van der Waals surface area contributed by atoms with Gasteiger partial charge in [-0.25, -0.2) is 0 Å². The average Bonchev–Trinajstić information content (AvgIpc) is 2.41. The smallest absolute Gasteiger partial charge is 0.372 e. The van der Waals surface area contributed by atoms with Crippen LogP contribution in [-0.4, -0.2) is 73.9 Å². The highest BCUT2D eigenvalue weighted by atomic mass is 19.4. The predicted octanol–water partition coefficient (Wildman–Crippen LogP) is 0.447. The maximum atomic E-state index is 11.9. The maximum Gasteiger partial charge on any atom is 0.411 e. The summed E-state index contributed by atoms with van der Waals surface area (Å²) < 4.78 is 40.0. The second-order valence-corrected chi connectivity index (χ2v) is 4.92. The molecule has 5 nitrogen and oxygen atoms in total. The Balaban J connectivity index is 2.19. The van der Waals surface area contributed by atoms with Crippen molar-refractivity contribution in [3.8, 4) is 0 Å². The fraction of sp³-hybridized carbons (Fsp3) is 0.917. The van der Waals surface area contributed by atoms with Crippen molar-refractivity contribution >= 4 is 5.91 Å². The van der Waals surface area contributed by atoms with E-state index in [-0.39, 0.29) is 25.0 Å². The topological polar surface area (TPSA) is 58.8 Å². The van der Waals surface area contributed by atoms with Crippen molar-refractivity contribution in [1.29, 1.82) is 0 Å². The molecule has 8 heteroatoms. The Kier molecular flexibility index (Phi) is 6.70. The number of hydrogen-bond acceptors (Lipinski definition) is 4. The number of nitrogens with zero attached hydrogens (tertiary/aromatic N) is 2. The van der Waals surface area contributed by atoms with E-state index in [4.69, 9.17) is 5.73 Å². The molecule has 1 heterocycles. The first-order chi connectivity index (χ1) is 9.33. The molecule has 1 amide bonds. The van der Waals surface area contributed by atoms with Gasteiger partial charge in [-0.1, -0.05) is 0 Å². The molecule has 1 aliphatic rings. The van der Waals surface area contributed by atoms with Crippen molar-refractivity contribution in [3.05, 3.63) is 0 Å². The molecule has 1 aliphatic heterocycles. The molecule has 20 heavy (non-hydrogen) atoms. The highest BCUT2D eigenvalue weighted by Gasteiger charge is 2.28. The molecule has 1 unspecified atom stereocenters. The van der Waals surface area contributed by atoms with Gasteiger partial charge in [0.15, 0.2) is 0 Å². The van der Waals surface area contributed by atoms with E-state index in [2.05, 4.69) is 9.64 Å². The monoisotopic (exact) mass is 297 g/mol. The van der Waals surface area contributed by atoms with E-state index < -0.39 is 12.8 Å². The van der Waals surface area contributed by atoms with Crippen LogP contribution in [0.2, 0.25) is 0 Å². The van der Waals surface area contributed by atoms with Crippen molar-refractivity contribution in [2.24, 2.45) is 5.73 Å². The van der Waals surface area contributed by atoms with Gasteiger partial charge in [0.05, 0.1) is 13.0 Å². The molecule has 0 radical (unpaired) electrons. The number of piperazine rings is 1. The first kappa shape index (κ1) is 17.2. The summed E-state index contributed by atoms with van der Waals surface area (Å²) in [7, 11) is 0. The number of nitrogens with two attached hydrogens (primary N) is 1. The van der Waals surface area contributed by atoms with Gasteiger partial charge in [0.1, 0.15) is 6.61 Å². The lowest BCUT2D eigenvalue weighted by Crippen LogP contribution is -2.52. The van der Waals surface area contributed by atoms with Crippen LogP contribution < -0.4 is 5.73 Å². The summed E-state index contributed by atoms with van der Waals surface area (Å²) in [5.41, 5.74) is 5.58. The van der Waals surface area contributed by atoms with Gasteiger partial charge in [-0.3, -0.25) is 9.69 Å². The molecule has 0 aromatic rings. The predicted molar refractivity (Wildman–Crippen MR) is 68.2 cm³/mol. The van der Waals surface area contributed by atoms with Crippen LogP contribution in [-0.2, 0) is 9.53 Å². The molecule has 0 aliphatic carbocycles. The number of hydrogen-bond donors (Lipinski definition) is 1. The van der Waals surface area contributed by atoms with E-state index in [9.17, 15) is 18.0 Å². The average molecular weight is 297 g/mol. The Morgan fingerprint density at radius 3 is 2.40 bits per heavy atom. The molecule has 0 bridgehead atoms. The number of carbonyl (C=O) groups is 1. The van der Waals surface area contributed by atoms with E-state index in [0.29, 0.717) is 19.6 Å². The molecule has 1 rings (SSSR count). The van der Waals surface area contributed by atoms with Crippen molar-refractivity contribution in [2.75, 3.05) is 45.9 Å². The van der Waals surface area contributed by atoms with E-state index in [1.807, 2.05) is 6.92 Å². The van der Waals surface area contributed by atoms with Crippen LogP contribution in [0.25, 0.3) is 0 Å². The normalized spacial score (nSPS) is 19.1. The van der Waals surface area contributed by atoms with Gasteiger partial charge in [0.25, 0.3) is 0 Å². The summed E-state index contributed by atoms with van der Waals surface area (Å²) in [5, 5.41) is 0. The van der Waals surface area contributed by atoms with Gasteiger partial charge in [0, 0.05) is 38.8 Å². The molecule has 0 aromatic heterocycles. The summed E-state index contributed by atoms with van der Waals surface area (Å²) in [6.45, 7) is 3.76. The first-order valence-corrected chi connectivity index (χ1v) is 6.70. The summed E-state index contributed by atoms with van der Waals surface area (Å²) >= 11 is 0. The Hall–Kier alpha value is -0.860. The second-order valence-electron chi connectivity index (χ2n) is 4.92. The summed E-state index contributed by atoms with van der Waals surface area (Å²) in [6, 6.07) is 0.280. The van der Waals surface area contributed by atoms with Crippen LogP contribution in [0.15, 0.2) is 0 Å². The largest absolute Gasteiger partial charge is 0.411 e. The molecular weight excluding hydrogens is 275 g/mol. The highest BCUT2D eigenvalue weighted by Crippen LogP contribution is 2.14. The van der Waals surface area contributed by atoms with E-state index in [1.165, 1.54) is 0 Å². The summed E-state index contributed by atoms with van der Waals surface area (Å²) in [5.74, 6) is -0.160. The molecule has 118 valence electrons. The lowest BCUT2D eigenvalue weighted by Gasteiger charge is -2.37. The Labute approximate surface area is 116 Å². The lowest BCUT2D eigenvalue weighted by atomic mass is 10.2. The summed E-state index contributed by atoms with van der Waals surface area (Å²) in [4.78, 5) is 15.7. The van der Waals surface area contributed by atoms with E-state index >= 15 is 0 Å². The van der Waals surface area contributed by atoms with Crippen LogP contribution in [0, 0.1) is 0 Å². The zero-order valence-corrected chi connectivity index (χ0v) is 11.7. The SMILES string of the molecule is CC(CN)N1CCN(C(=O)CCOCC(F)(F)F)CC1.